The molecule has 3 rings (SSSR count). The molecule has 1 aromatic carbocycles. The van der Waals surface area contributed by atoms with E-state index in [1.165, 1.54) is 0 Å². The van der Waals surface area contributed by atoms with E-state index in [0.29, 0.717) is 19.7 Å². The smallest absolute Gasteiger partial charge is 0.405 e. The van der Waals surface area contributed by atoms with Crippen LogP contribution in [0, 0.1) is 0 Å². The predicted molar refractivity (Wildman–Crippen MR) is 81.6 cm³/mol. The summed E-state index contributed by atoms with van der Waals surface area (Å²) in [5, 5.41) is 11.4. The van der Waals surface area contributed by atoms with Gasteiger partial charge in [-0.1, -0.05) is 6.07 Å². The lowest BCUT2D eigenvalue weighted by Crippen LogP contribution is -2.42. The van der Waals surface area contributed by atoms with Crippen molar-refractivity contribution in [3.8, 4) is 5.75 Å². The van der Waals surface area contributed by atoms with Crippen LogP contribution in [0.1, 0.15) is 5.56 Å². The first kappa shape index (κ1) is 14.9. The van der Waals surface area contributed by atoms with Gasteiger partial charge in [0.05, 0.1) is 12.1 Å². The number of fused-ring (bicyclic) bond motifs is 1. The minimum absolute atomic E-state index is 0.0483. The number of nitrogens with zero attached hydrogens (tertiary/aromatic N) is 1. The van der Waals surface area contributed by atoms with E-state index in [1.54, 1.807) is 7.11 Å². The minimum Gasteiger partial charge on any atom is -0.492 e. The fraction of sp³-hybridized carbons (Fsp3) is 0.533. The standard InChI is InChI=1S/C15H21N3O4/c1-21-14-7-18(6-12(14)17-15(19)20)11-3-2-9-4-10(16)8-22-13(9)5-11/h2-3,5,10,12,14,17H,4,6-8,16H2,1H3,(H,19,20)/t10-,12?,14?/m1/s1. The van der Waals surface area contributed by atoms with Crippen LogP contribution < -0.4 is 20.7 Å². The maximum atomic E-state index is 10.9. The van der Waals surface area contributed by atoms with Crippen LogP contribution in [0.25, 0.3) is 0 Å². The molecule has 1 aromatic rings. The van der Waals surface area contributed by atoms with Gasteiger partial charge in [-0.15, -0.1) is 0 Å². The highest BCUT2D eigenvalue weighted by Crippen LogP contribution is 2.31. The third kappa shape index (κ3) is 2.95. The van der Waals surface area contributed by atoms with Crippen LogP contribution >= 0.6 is 0 Å². The van der Waals surface area contributed by atoms with E-state index in [2.05, 4.69) is 10.2 Å². The molecule has 2 aliphatic rings. The third-order valence-electron chi connectivity index (χ3n) is 4.23. The molecule has 120 valence electrons. The first-order valence-corrected chi connectivity index (χ1v) is 7.35. The molecule has 7 heteroatoms. The van der Waals surface area contributed by atoms with Crippen LogP contribution in [0.3, 0.4) is 0 Å². The summed E-state index contributed by atoms with van der Waals surface area (Å²) < 4.78 is 11.1. The number of nitrogens with two attached hydrogens (primary N) is 1. The van der Waals surface area contributed by atoms with Gasteiger partial charge in [0, 0.05) is 38.0 Å². The highest BCUT2D eigenvalue weighted by molar-refractivity contribution is 5.65. The van der Waals surface area contributed by atoms with E-state index in [9.17, 15) is 4.79 Å². The molecule has 2 heterocycles. The van der Waals surface area contributed by atoms with Gasteiger partial charge in [0.2, 0.25) is 0 Å². The molecule has 3 atom stereocenters. The van der Waals surface area contributed by atoms with Crippen LogP contribution in [0.5, 0.6) is 5.75 Å². The molecular formula is C15H21N3O4. The van der Waals surface area contributed by atoms with Gasteiger partial charge in [-0.05, 0) is 18.1 Å². The molecule has 0 spiro atoms. The summed E-state index contributed by atoms with van der Waals surface area (Å²) in [6.07, 6.45) is -0.377. The summed E-state index contributed by atoms with van der Waals surface area (Å²) in [5.41, 5.74) is 8.02. The Hall–Kier alpha value is -1.99. The van der Waals surface area contributed by atoms with Crippen molar-refractivity contribution in [1.29, 1.82) is 0 Å². The molecule has 0 aliphatic carbocycles. The molecule has 0 bridgehead atoms. The number of benzene rings is 1. The van der Waals surface area contributed by atoms with Crippen molar-refractivity contribution in [2.75, 3.05) is 31.7 Å². The number of hydrogen-bond acceptors (Lipinski definition) is 5. The molecule has 22 heavy (non-hydrogen) atoms. The largest absolute Gasteiger partial charge is 0.492 e. The summed E-state index contributed by atoms with van der Waals surface area (Å²) >= 11 is 0. The average molecular weight is 307 g/mol. The van der Waals surface area contributed by atoms with Gasteiger partial charge in [0.1, 0.15) is 12.4 Å². The van der Waals surface area contributed by atoms with Crippen molar-refractivity contribution in [2.45, 2.75) is 24.6 Å². The van der Waals surface area contributed by atoms with E-state index in [1.807, 2.05) is 18.2 Å². The van der Waals surface area contributed by atoms with Gasteiger partial charge >= 0.3 is 6.09 Å². The summed E-state index contributed by atoms with van der Waals surface area (Å²) in [4.78, 5) is 13.0. The number of nitrogens with one attached hydrogen (secondary N) is 1. The highest BCUT2D eigenvalue weighted by Gasteiger charge is 2.34. The highest BCUT2D eigenvalue weighted by atomic mass is 16.5. The maximum absolute atomic E-state index is 10.9. The first-order chi connectivity index (χ1) is 10.6. The predicted octanol–water partition coefficient (Wildman–Crippen LogP) is 0.420. The van der Waals surface area contributed by atoms with Crippen molar-refractivity contribution in [3.05, 3.63) is 23.8 Å². The Morgan fingerprint density at radius 2 is 2.32 bits per heavy atom. The Kier molecular flexibility index (Phi) is 4.08. The lowest BCUT2D eigenvalue weighted by molar-refractivity contribution is 0.0949. The second kappa shape index (κ2) is 6.02. The molecule has 1 saturated heterocycles. The molecule has 0 radical (unpaired) electrons. The Bertz CT molecular complexity index is 566. The van der Waals surface area contributed by atoms with Crippen molar-refractivity contribution in [1.82, 2.24) is 5.32 Å². The quantitative estimate of drug-likeness (QED) is 0.749. The van der Waals surface area contributed by atoms with Crippen LogP contribution in [-0.4, -0.2) is 56.2 Å². The second-order valence-corrected chi connectivity index (χ2v) is 5.80. The molecular weight excluding hydrogens is 286 g/mol. The number of amides is 1. The number of hydrogen-bond donors (Lipinski definition) is 3. The molecule has 0 aromatic heterocycles. The van der Waals surface area contributed by atoms with Crippen molar-refractivity contribution in [2.24, 2.45) is 5.73 Å². The molecule has 1 amide bonds. The second-order valence-electron chi connectivity index (χ2n) is 5.80. The molecule has 4 N–H and O–H groups in total. The van der Waals surface area contributed by atoms with Gasteiger partial charge in [-0.3, -0.25) is 0 Å². The van der Waals surface area contributed by atoms with E-state index in [0.717, 1.165) is 23.4 Å². The van der Waals surface area contributed by atoms with E-state index in [4.69, 9.17) is 20.3 Å². The third-order valence-corrected chi connectivity index (χ3v) is 4.23. The Labute approximate surface area is 129 Å². The van der Waals surface area contributed by atoms with Gasteiger partial charge < -0.3 is 30.5 Å². The topological polar surface area (TPSA) is 97.0 Å². The molecule has 0 saturated carbocycles. The van der Waals surface area contributed by atoms with Crippen LogP contribution in [0.2, 0.25) is 0 Å². The van der Waals surface area contributed by atoms with Gasteiger partial charge in [0.25, 0.3) is 0 Å². The molecule has 2 unspecified atom stereocenters. The van der Waals surface area contributed by atoms with Crippen LogP contribution in [0.4, 0.5) is 10.5 Å². The normalized spacial score (nSPS) is 27.2. The Balaban J connectivity index is 1.76. The zero-order chi connectivity index (χ0) is 15.7. The Morgan fingerprint density at radius 3 is 3.05 bits per heavy atom. The van der Waals surface area contributed by atoms with E-state index < -0.39 is 6.09 Å². The summed E-state index contributed by atoms with van der Waals surface area (Å²) in [6, 6.07) is 5.86. The number of carboxylic acid groups (broad SMARTS) is 1. The van der Waals surface area contributed by atoms with E-state index >= 15 is 0 Å². The molecule has 1 fully saturated rings. The number of carbonyl (C=O) groups is 1. The Morgan fingerprint density at radius 1 is 1.50 bits per heavy atom. The van der Waals surface area contributed by atoms with Crippen LogP contribution in [-0.2, 0) is 11.2 Å². The van der Waals surface area contributed by atoms with Gasteiger partial charge in [-0.2, -0.15) is 0 Å². The fourth-order valence-electron chi connectivity index (χ4n) is 3.10. The van der Waals surface area contributed by atoms with Crippen molar-refractivity contribution >= 4 is 11.8 Å². The van der Waals surface area contributed by atoms with Gasteiger partial charge in [0.15, 0.2) is 0 Å². The maximum Gasteiger partial charge on any atom is 0.405 e. The number of methoxy groups -OCH3 is 1. The van der Waals surface area contributed by atoms with Crippen LogP contribution in [0.15, 0.2) is 18.2 Å². The number of ether oxygens (including phenoxy) is 2. The number of anilines is 1. The summed E-state index contributed by atoms with van der Waals surface area (Å²) in [7, 11) is 1.60. The zero-order valence-corrected chi connectivity index (χ0v) is 12.5. The summed E-state index contributed by atoms with van der Waals surface area (Å²) in [5.74, 6) is 0.864. The SMILES string of the molecule is COC1CN(c2ccc3c(c2)OC[C@H](N)C3)CC1NC(=O)O. The fourth-order valence-corrected chi connectivity index (χ4v) is 3.10. The lowest BCUT2D eigenvalue weighted by Gasteiger charge is -2.25. The monoisotopic (exact) mass is 307 g/mol. The first-order valence-electron chi connectivity index (χ1n) is 7.35. The molecule has 2 aliphatic heterocycles. The lowest BCUT2D eigenvalue weighted by atomic mass is 10.0. The number of rotatable bonds is 3. The zero-order valence-electron chi connectivity index (χ0n) is 12.5. The summed E-state index contributed by atoms with van der Waals surface area (Å²) in [6.45, 7) is 1.74. The van der Waals surface area contributed by atoms with Gasteiger partial charge in [-0.25, -0.2) is 4.79 Å². The molecule has 7 nitrogen and oxygen atoms in total. The van der Waals surface area contributed by atoms with Crippen molar-refractivity contribution in [3.63, 3.8) is 0 Å². The minimum atomic E-state index is -1.03. The average Bonchev–Trinajstić information content (AvgIpc) is 2.89. The van der Waals surface area contributed by atoms with E-state index in [-0.39, 0.29) is 18.2 Å². The van der Waals surface area contributed by atoms with Crippen molar-refractivity contribution < 1.29 is 19.4 Å².